The fraction of sp³-hybridized carbons (Fsp3) is 0.400. The Morgan fingerprint density at radius 2 is 2.06 bits per heavy atom. The molecule has 2 nitrogen and oxygen atoms in total. The van der Waals surface area contributed by atoms with Gasteiger partial charge in [-0.25, -0.2) is 0 Å². The van der Waals surface area contributed by atoms with Crippen LogP contribution in [0, 0.1) is 5.41 Å². The molecule has 2 heteroatoms. The van der Waals surface area contributed by atoms with Gasteiger partial charge in [-0.15, -0.1) is 0 Å². The second kappa shape index (κ2) is 3.81. The van der Waals surface area contributed by atoms with Gasteiger partial charge in [0.1, 0.15) is 0 Å². The molecule has 88 valence electrons. The molecule has 1 aliphatic carbocycles. The number of pyridine rings is 1. The van der Waals surface area contributed by atoms with Gasteiger partial charge in [0.15, 0.2) is 0 Å². The quantitative estimate of drug-likeness (QED) is 0.869. The molecule has 2 aromatic rings. The number of fused-ring (bicyclic) bond motifs is 1. The molecule has 1 N–H and O–H groups in total. The number of hydrogen-bond donors (Lipinski definition) is 1. The van der Waals surface area contributed by atoms with Crippen LogP contribution in [-0.2, 0) is 6.54 Å². The minimum Gasteiger partial charge on any atom is -0.309 e. The lowest BCUT2D eigenvalue weighted by molar-refractivity contribution is 0.542. The summed E-state index contributed by atoms with van der Waals surface area (Å²) in [4.78, 5) is 4.31. The average molecular weight is 226 g/mol. The molecule has 1 saturated carbocycles. The highest BCUT2D eigenvalue weighted by molar-refractivity contribution is 5.84. The van der Waals surface area contributed by atoms with Gasteiger partial charge in [0, 0.05) is 30.4 Å². The number of hydrogen-bond acceptors (Lipinski definition) is 2. The molecule has 17 heavy (non-hydrogen) atoms. The van der Waals surface area contributed by atoms with E-state index in [-0.39, 0.29) is 0 Å². The van der Waals surface area contributed by atoms with Crippen molar-refractivity contribution in [3.05, 3.63) is 42.2 Å². The van der Waals surface area contributed by atoms with Crippen LogP contribution in [0.5, 0.6) is 0 Å². The third-order valence-electron chi connectivity index (χ3n) is 3.80. The molecule has 0 spiro atoms. The molecule has 1 atom stereocenters. The zero-order valence-electron chi connectivity index (χ0n) is 10.4. The first-order valence-electron chi connectivity index (χ1n) is 6.22. The van der Waals surface area contributed by atoms with Crippen molar-refractivity contribution in [3.8, 4) is 0 Å². The van der Waals surface area contributed by atoms with Crippen molar-refractivity contribution < 1.29 is 0 Å². The van der Waals surface area contributed by atoms with E-state index in [1.807, 2.05) is 12.4 Å². The standard InChI is InChI=1S/C15H18N2/c1-15(2)7-14(15)17-10-12-9-16-8-11-5-3-4-6-13(11)12/h3-6,8-9,14,17H,7,10H2,1-2H3. The van der Waals surface area contributed by atoms with Gasteiger partial charge in [-0.3, -0.25) is 4.98 Å². The maximum Gasteiger partial charge on any atom is 0.0346 e. The molecule has 0 amide bonds. The molecule has 0 saturated heterocycles. The Kier molecular flexibility index (Phi) is 2.40. The molecular weight excluding hydrogens is 208 g/mol. The van der Waals surface area contributed by atoms with Crippen molar-refractivity contribution in [2.24, 2.45) is 5.41 Å². The van der Waals surface area contributed by atoms with Crippen LogP contribution in [0.2, 0.25) is 0 Å². The lowest BCUT2D eigenvalue weighted by atomic mass is 10.1. The third kappa shape index (κ3) is 2.05. The highest BCUT2D eigenvalue weighted by Gasteiger charge is 2.44. The SMILES string of the molecule is CC1(C)CC1NCc1cncc2ccccc12. The molecule has 0 aliphatic heterocycles. The molecule has 1 heterocycles. The van der Waals surface area contributed by atoms with Crippen LogP contribution in [-0.4, -0.2) is 11.0 Å². The first kappa shape index (κ1) is 10.7. The van der Waals surface area contributed by atoms with E-state index in [4.69, 9.17) is 0 Å². The second-order valence-corrected chi connectivity index (χ2v) is 5.65. The van der Waals surface area contributed by atoms with Crippen molar-refractivity contribution >= 4 is 10.8 Å². The summed E-state index contributed by atoms with van der Waals surface area (Å²) in [6.07, 6.45) is 5.19. The highest BCUT2D eigenvalue weighted by atomic mass is 15.0. The van der Waals surface area contributed by atoms with Gasteiger partial charge in [-0.1, -0.05) is 38.1 Å². The second-order valence-electron chi connectivity index (χ2n) is 5.65. The van der Waals surface area contributed by atoms with Gasteiger partial charge >= 0.3 is 0 Å². The predicted molar refractivity (Wildman–Crippen MR) is 70.8 cm³/mol. The third-order valence-corrected chi connectivity index (χ3v) is 3.80. The van der Waals surface area contributed by atoms with Crippen molar-refractivity contribution in [1.29, 1.82) is 0 Å². The molecule has 0 radical (unpaired) electrons. The van der Waals surface area contributed by atoms with Gasteiger partial charge < -0.3 is 5.32 Å². The molecular formula is C15H18N2. The van der Waals surface area contributed by atoms with Crippen LogP contribution in [0.1, 0.15) is 25.8 Å². The van der Waals surface area contributed by atoms with Crippen molar-refractivity contribution in [2.45, 2.75) is 32.9 Å². The van der Waals surface area contributed by atoms with E-state index in [0.29, 0.717) is 11.5 Å². The van der Waals surface area contributed by atoms with E-state index in [1.165, 1.54) is 22.8 Å². The Labute approximate surface area is 102 Å². The number of rotatable bonds is 3. The normalized spacial score (nSPS) is 21.6. The summed E-state index contributed by atoms with van der Waals surface area (Å²) in [5.74, 6) is 0. The average Bonchev–Trinajstić information content (AvgIpc) is 2.94. The zero-order valence-corrected chi connectivity index (χ0v) is 10.4. The number of aromatic nitrogens is 1. The van der Waals surface area contributed by atoms with Crippen LogP contribution >= 0.6 is 0 Å². The van der Waals surface area contributed by atoms with Crippen molar-refractivity contribution in [2.75, 3.05) is 0 Å². The molecule has 3 rings (SSSR count). The molecule has 1 aliphatic rings. The lowest BCUT2D eigenvalue weighted by Gasteiger charge is -2.08. The van der Waals surface area contributed by atoms with Gasteiger partial charge in [0.2, 0.25) is 0 Å². The van der Waals surface area contributed by atoms with Crippen molar-refractivity contribution in [3.63, 3.8) is 0 Å². The molecule has 0 bridgehead atoms. The van der Waals surface area contributed by atoms with Gasteiger partial charge in [0.05, 0.1) is 0 Å². The lowest BCUT2D eigenvalue weighted by Crippen LogP contribution is -2.20. The van der Waals surface area contributed by atoms with Crippen LogP contribution < -0.4 is 5.32 Å². The van der Waals surface area contributed by atoms with Crippen LogP contribution in [0.4, 0.5) is 0 Å². The summed E-state index contributed by atoms with van der Waals surface area (Å²) in [6, 6.07) is 9.11. The van der Waals surface area contributed by atoms with Crippen LogP contribution in [0.3, 0.4) is 0 Å². The van der Waals surface area contributed by atoms with E-state index < -0.39 is 0 Å². The summed E-state index contributed by atoms with van der Waals surface area (Å²) >= 11 is 0. The van der Waals surface area contributed by atoms with Gasteiger partial charge in [0.25, 0.3) is 0 Å². The molecule has 1 unspecified atom stereocenters. The fourth-order valence-electron chi connectivity index (χ4n) is 2.37. The summed E-state index contributed by atoms with van der Waals surface area (Å²) in [7, 11) is 0. The number of benzene rings is 1. The van der Waals surface area contributed by atoms with E-state index in [1.54, 1.807) is 0 Å². The fourth-order valence-corrected chi connectivity index (χ4v) is 2.37. The largest absolute Gasteiger partial charge is 0.309 e. The highest BCUT2D eigenvalue weighted by Crippen LogP contribution is 2.44. The molecule has 1 aromatic heterocycles. The van der Waals surface area contributed by atoms with Crippen LogP contribution in [0.15, 0.2) is 36.7 Å². The molecule has 1 fully saturated rings. The number of nitrogens with zero attached hydrogens (tertiary/aromatic N) is 1. The Hall–Kier alpha value is -1.41. The van der Waals surface area contributed by atoms with E-state index in [2.05, 4.69) is 48.4 Å². The van der Waals surface area contributed by atoms with E-state index in [9.17, 15) is 0 Å². The molecule has 1 aromatic carbocycles. The zero-order chi connectivity index (χ0) is 11.9. The maximum atomic E-state index is 4.31. The van der Waals surface area contributed by atoms with Gasteiger partial charge in [-0.05, 0) is 22.8 Å². The minimum atomic E-state index is 0.484. The summed E-state index contributed by atoms with van der Waals surface area (Å²) in [5.41, 5.74) is 1.78. The summed E-state index contributed by atoms with van der Waals surface area (Å²) < 4.78 is 0. The Morgan fingerprint density at radius 3 is 2.82 bits per heavy atom. The van der Waals surface area contributed by atoms with Gasteiger partial charge in [-0.2, -0.15) is 0 Å². The van der Waals surface area contributed by atoms with Crippen molar-refractivity contribution in [1.82, 2.24) is 10.3 Å². The smallest absolute Gasteiger partial charge is 0.0346 e. The number of nitrogens with one attached hydrogen (secondary N) is 1. The minimum absolute atomic E-state index is 0.484. The van der Waals surface area contributed by atoms with E-state index >= 15 is 0 Å². The maximum absolute atomic E-state index is 4.31. The summed E-state index contributed by atoms with van der Waals surface area (Å²) in [5, 5.41) is 6.15. The Bertz CT molecular complexity index is 540. The Morgan fingerprint density at radius 1 is 1.29 bits per heavy atom. The Balaban J connectivity index is 1.81. The van der Waals surface area contributed by atoms with E-state index in [0.717, 1.165) is 6.54 Å². The monoisotopic (exact) mass is 226 g/mol. The first-order valence-corrected chi connectivity index (χ1v) is 6.22. The first-order chi connectivity index (χ1) is 8.17. The van der Waals surface area contributed by atoms with Crippen LogP contribution in [0.25, 0.3) is 10.8 Å². The summed E-state index contributed by atoms with van der Waals surface area (Å²) in [6.45, 7) is 5.54. The topological polar surface area (TPSA) is 24.9 Å². The predicted octanol–water partition coefficient (Wildman–Crippen LogP) is 3.12.